The van der Waals surface area contributed by atoms with Gasteiger partial charge in [0, 0.05) is 18.8 Å². The molecule has 0 atom stereocenters. The Morgan fingerprint density at radius 2 is 2.04 bits per heavy atom. The molecule has 6 nitrogen and oxygen atoms in total. The van der Waals surface area contributed by atoms with Crippen LogP contribution in [0.2, 0.25) is 0 Å². The molecule has 0 aliphatic carbocycles. The van der Waals surface area contributed by atoms with Gasteiger partial charge in [0.15, 0.2) is 0 Å². The standard InChI is InChI=1S/C18H20N4O2/c19-11-14-5-6-15(24-14)12-21-13-4-7-16(18(20)23)17(10-13)22-8-2-1-3-9-22/h4-7,10,21H,1-3,8-9,12H2,(H2,20,23). The summed E-state index contributed by atoms with van der Waals surface area (Å²) in [4.78, 5) is 13.9. The van der Waals surface area contributed by atoms with Crippen molar-refractivity contribution >= 4 is 17.3 Å². The minimum absolute atomic E-state index is 0.296. The van der Waals surface area contributed by atoms with Crippen molar-refractivity contribution in [3.8, 4) is 6.07 Å². The third-order valence-corrected chi connectivity index (χ3v) is 4.20. The number of rotatable bonds is 5. The molecule has 3 rings (SSSR count). The Kier molecular flexibility index (Phi) is 4.71. The lowest BCUT2D eigenvalue weighted by atomic mass is 10.1. The molecule has 1 aromatic carbocycles. The Hall–Kier alpha value is -2.94. The number of nitriles is 1. The van der Waals surface area contributed by atoms with Crippen LogP contribution in [0.1, 0.15) is 41.1 Å². The molecule has 124 valence electrons. The smallest absolute Gasteiger partial charge is 0.250 e. The molecule has 6 heteroatoms. The van der Waals surface area contributed by atoms with E-state index in [-0.39, 0.29) is 0 Å². The van der Waals surface area contributed by atoms with Crippen molar-refractivity contribution in [3.63, 3.8) is 0 Å². The van der Waals surface area contributed by atoms with Crippen LogP contribution in [0, 0.1) is 11.3 Å². The molecule has 2 heterocycles. The largest absolute Gasteiger partial charge is 0.449 e. The highest BCUT2D eigenvalue weighted by Crippen LogP contribution is 2.28. The first-order valence-corrected chi connectivity index (χ1v) is 8.09. The van der Waals surface area contributed by atoms with Crippen molar-refractivity contribution in [3.05, 3.63) is 47.4 Å². The highest BCUT2D eigenvalue weighted by Gasteiger charge is 2.17. The zero-order valence-electron chi connectivity index (χ0n) is 13.4. The third-order valence-electron chi connectivity index (χ3n) is 4.20. The normalized spacial score (nSPS) is 14.2. The van der Waals surface area contributed by atoms with Gasteiger partial charge < -0.3 is 20.4 Å². The predicted molar refractivity (Wildman–Crippen MR) is 91.8 cm³/mol. The van der Waals surface area contributed by atoms with E-state index in [1.807, 2.05) is 18.2 Å². The highest BCUT2D eigenvalue weighted by molar-refractivity contribution is 5.99. The number of amides is 1. The van der Waals surface area contributed by atoms with Gasteiger partial charge in [-0.15, -0.1) is 0 Å². The number of piperidine rings is 1. The van der Waals surface area contributed by atoms with Gasteiger partial charge in [-0.1, -0.05) is 0 Å². The van der Waals surface area contributed by atoms with E-state index in [0.29, 0.717) is 23.6 Å². The lowest BCUT2D eigenvalue weighted by Crippen LogP contribution is -2.31. The monoisotopic (exact) mass is 324 g/mol. The number of anilines is 2. The molecule has 1 amide bonds. The zero-order valence-corrected chi connectivity index (χ0v) is 13.4. The van der Waals surface area contributed by atoms with Crippen molar-refractivity contribution in [2.24, 2.45) is 5.73 Å². The van der Waals surface area contributed by atoms with Crippen LogP contribution in [-0.4, -0.2) is 19.0 Å². The molecule has 0 radical (unpaired) electrons. The van der Waals surface area contributed by atoms with Crippen molar-refractivity contribution in [1.82, 2.24) is 0 Å². The number of nitrogens with zero attached hydrogens (tertiary/aromatic N) is 2. The summed E-state index contributed by atoms with van der Waals surface area (Å²) >= 11 is 0. The topological polar surface area (TPSA) is 95.3 Å². The van der Waals surface area contributed by atoms with Gasteiger partial charge in [0.25, 0.3) is 5.91 Å². The fourth-order valence-electron chi connectivity index (χ4n) is 2.97. The van der Waals surface area contributed by atoms with E-state index in [0.717, 1.165) is 37.3 Å². The summed E-state index contributed by atoms with van der Waals surface area (Å²) in [6.07, 6.45) is 3.47. The van der Waals surface area contributed by atoms with E-state index in [4.69, 9.17) is 15.4 Å². The molecule has 0 unspecified atom stereocenters. The number of hydrogen-bond donors (Lipinski definition) is 2. The van der Waals surface area contributed by atoms with E-state index in [2.05, 4.69) is 10.2 Å². The van der Waals surface area contributed by atoms with Crippen LogP contribution in [0.3, 0.4) is 0 Å². The van der Waals surface area contributed by atoms with Gasteiger partial charge in [0.2, 0.25) is 5.76 Å². The molecule has 0 bridgehead atoms. The van der Waals surface area contributed by atoms with Crippen molar-refractivity contribution in [2.75, 3.05) is 23.3 Å². The number of nitrogens with one attached hydrogen (secondary N) is 1. The lowest BCUT2D eigenvalue weighted by Gasteiger charge is -2.30. The van der Waals surface area contributed by atoms with Gasteiger partial charge in [-0.2, -0.15) is 5.26 Å². The number of nitrogens with two attached hydrogens (primary N) is 1. The Balaban J connectivity index is 1.78. The second-order valence-electron chi connectivity index (χ2n) is 5.88. The molecule has 24 heavy (non-hydrogen) atoms. The van der Waals surface area contributed by atoms with Crippen LogP contribution in [0.15, 0.2) is 34.7 Å². The maximum absolute atomic E-state index is 11.7. The van der Waals surface area contributed by atoms with Crippen LogP contribution in [0.25, 0.3) is 0 Å². The Labute approximate surface area is 140 Å². The summed E-state index contributed by atoms with van der Waals surface area (Å²) in [7, 11) is 0. The number of carbonyl (C=O) groups excluding carboxylic acids is 1. The van der Waals surface area contributed by atoms with Crippen molar-refractivity contribution in [1.29, 1.82) is 5.26 Å². The molecule has 3 N–H and O–H groups in total. The summed E-state index contributed by atoms with van der Waals surface area (Å²) in [6, 6.07) is 10.9. The van der Waals surface area contributed by atoms with Crippen molar-refractivity contribution < 1.29 is 9.21 Å². The first-order valence-electron chi connectivity index (χ1n) is 8.09. The quantitative estimate of drug-likeness (QED) is 0.881. The molecule has 2 aromatic rings. The predicted octanol–water partition coefficient (Wildman–Crippen LogP) is 2.85. The zero-order chi connectivity index (χ0) is 16.9. The SMILES string of the molecule is N#Cc1ccc(CNc2ccc(C(N)=O)c(N3CCCCC3)c2)o1. The summed E-state index contributed by atoms with van der Waals surface area (Å²) in [6.45, 7) is 2.35. The fourth-order valence-corrected chi connectivity index (χ4v) is 2.97. The Morgan fingerprint density at radius 1 is 1.25 bits per heavy atom. The molecular formula is C18H20N4O2. The molecule has 1 fully saturated rings. The number of benzene rings is 1. The summed E-state index contributed by atoms with van der Waals surface area (Å²) in [5, 5.41) is 12.0. The molecule has 1 aliphatic rings. The van der Waals surface area contributed by atoms with E-state index in [1.165, 1.54) is 6.42 Å². The average Bonchev–Trinajstić information content (AvgIpc) is 3.08. The summed E-state index contributed by atoms with van der Waals surface area (Å²) in [5.41, 5.74) is 7.83. The lowest BCUT2D eigenvalue weighted by molar-refractivity contribution is 0.100. The molecule has 0 spiro atoms. The maximum atomic E-state index is 11.7. The van der Waals surface area contributed by atoms with Gasteiger partial charge in [-0.3, -0.25) is 4.79 Å². The van der Waals surface area contributed by atoms with E-state index in [9.17, 15) is 4.79 Å². The van der Waals surface area contributed by atoms with Gasteiger partial charge in [-0.25, -0.2) is 0 Å². The summed E-state index contributed by atoms with van der Waals surface area (Å²) < 4.78 is 5.35. The number of primary amides is 1. The van der Waals surface area contributed by atoms with Gasteiger partial charge in [0.1, 0.15) is 11.8 Å². The highest BCUT2D eigenvalue weighted by atomic mass is 16.3. The van der Waals surface area contributed by atoms with Gasteiger partial charge in [0.05, 0.1) is 17.8 Å². The minimum atomic E-state index is -0.410. The number of furan rings is 1. The van der Waals surface area contributed by atoms with E-state index < -0.39 is 5.91 Å². The number of carbonyl (C=O) groups is 1. The molecule has 1 aromatic heterocycles. The third kappa shape index (κ3) is 3.51. The fraction of sp³-hybridized carbons (Fsp3) is 0.333. The van der Waals surface area contributed by atoms with Crippen LogP contribution in [0.4, 0.5) is 11.4 Å². The maximum Gasteiger partial charge on any atom is 0.250 e. The second-order valence-corrected chi connectivity index (χ2v) is 5.88. The van der Waals surface area contributed by atoms with Crippen LogP contribution < -0.4 is 16.0 Å². The van der Waals surface area contributed by atoms with E-state index in [1.54, 1.807) is 18.2 Å². The first kappa shape index (κ1) is 15.9. The van der Waals surface area contributed by atoms with Gasteiger partial charge >= 0.3 is 0 Å². The summed E-state index contributed by atoms with van der Waals surface area (Å²) in [5.74, 6) is 0.571. The Morgan fingerprint density at radius 3 is 2.71 bits per heavy atom. The average molecular weight is 324 g/mol. The van der Waals surface area contributed by atoms with Crippen LogP contribution >= 0.6 is 0 Å². The van der Waals surface area contributed by atoms with Crippen LogP contribution in [-0.2, 0) is 6.54 Å². The molecule has 1 aliphatic heterocycles. The van der Waals surface area contributed by atoms with Gasteiger partial charge in [-0.05, 0) is 49.6 Å². The minimum Gasteiger partial charge on any atom is -0.449 e. The first-order chi connectivity index (χ1) is 11.7. The van der Waals surface area contributed by atoms with Crippen molar-refractivity contribution in [2.45, 2.75) is 25.8 Å². The molecular weight excluding hydrogens is 304 g/mol. The molecule has 1 saturated heterocycles. The Bertz CT molecular complexity index is 770. The number of hydrogen-bond acceptors (Lipinski definition) is 5. The van der Waals surface area contributed by atoms with Crippen LogP contribution in [0.5, 0.6) is 0 Å². The second kappa shape index (κ2) is 7.09. The van der Waals surface area contributed by atoms with E-state index >= 15 is 0 Å². The molecule has 0 saturated carbocycles.